The standard InChI is InChI=1S/C15H14F3NO6/c1-8(20)25-12(14(22)23)11-13(21)19(6-7-24-11)10-4-2-9(3-5-10)15(16,17)18/h2-5,11-12H,6-7H2,1H3,(H,22,23)/t11-,12-/m1/s1. The number of aliphatic carboxylic acids is 1. The molecule has 1 saturated heterocycles. The van der Waals surface area contributed by atoms with Gasteiger partial charge in [0.2, 0.25) is 6.10 Å². The Labute approximate surface area is 139 Å². The lowest BCUT2D eigenvalue weighted by Gasteiger charge is -2.34. The second kappa shape index (κ2) is 7.09. The predicted molar refractivity (Wildman–Crippen MR) is 76.7 cm³/mol. The van der Waals surface area contributed by atoms with Crippen LogP contribution in [0.5, 0.6) is 0 Å². The molecule has 1 heterocycles. The van der Waals surface area contributed by atoms with E-state index in [1.54, 1.807) is 0 Å². The Hall–Kier alpha value is -2.62. The second-order valence-corrected chi connectivity index (χ2v) is 5.19. The SMILES string of the molecule is CC(=O)O[C@@H](C(=O)O)[C@H]1OCCN(c2ccc(C(F)(F)F)cc2)C1=O. The van der Waals surface area contributed by atoms with Gasteiger partial charge in [0.15, 0.2) is 6.10 Å². The number of ether oxygens (including phenoxy) is 2. The number of alkyl halides is 3. The van der Waals surface area contributed by atoms with Crippen molar-refractivity contribution in [3.8, 4) is 0 Å². The number of carbonyl (C=O) groups is 3. The van der Waals surface area contributed by atoms with E-state index in [1.165, 1.54) is 0 Å². The Morgan fingerprint density at radius 1 is 1.32 bits per heavy atom. The van der Waals surface area contributed by atoms with Crippen molar-refractivity contribution in [3.05, 3.63) is 29.8 Å². The number of hydrogen-bond donors (Lipinski definition) is 1. The topological polar surface area (TPSA) is 93.1 Å². The highest BCUT2D eigenvalue weighted by Gasteiger charge is 2.42. The van der Waals surface area contributed by atoms with Crippen molar-refractivity contribution in [2.45, 2.75) is 25.3 Å². The molecule has 136 valence electrons. The van der Waals surface area contributed by atoms with Crippen molar-refractivity contribution in [2.75, 3.05) is 18.1 Å². The Bertz CT molecular complexity index is 673. The van der Waals surface area contributed by atoms with Gasteiger partial charge in [0, 0.05) is 19.2 Å². The van der Waals surface area contributed by atoms with Gasteiger partial charge in [-0.05, 0) is 24.3 Å². The fourth-order valence-electron chi connectivity index (χ4n) is 2.33. The lowest BCUT2D eigenvalue weighted by molar-refractivity contribution is -0.177. The number of anilines is 1. The van der Waals surface area contributed by atoms with Crippen LogP contribution in [0, 0.1) is 0 Å². The number of carboxylic acid groups (broad SMARTS) is 1. The van der Waals surface area contributed by atoms with Gasteiger partial charge in [-0.1, -0.05) is 0 Å². The van der Waals surface area contributed by atoms with Crippen LogP contribution in [-0.4, -0.2) is 48.3 Å². The van der Waals surface area contributed by atoms with Gasteiger partial charge >= 0.3 is 18.1 Å². The maximum absolute atomic E-state index is 12.6. The molecule has 7 nitrogen and oxygen atoms in total. The van der Waals surface area contributed by atoms with Crippen LogP contribution in [0.2, 0.25) is 0 Å². The van der Waals surface area contributed by atoms with Gasteiger partial charge < -0.3 is 19.5 Å². The van der Waals surface area contributed by atoms with Gasteiger partial charge in [-0.2, -0.15) is 13.2 Å². The minimum absolute atomic E-state index is 0.0209. The molecule has 2 atom stereocenters. The summed E-state index contributed by atoms with van der Waals surface area (Å²) in [6.07, 6.45) is -7.94. The van der Waals surface area contributed by atoms with Crippen LogP contribution in [0.1, 0.15) is 12.5 Å². The van der Waals surface area contributed by atoms with E-state index in [1.807, 2.05) is 0 Å². The lowest BCUT2D eigenvalue weighted by atomic mass is 10.1. The third kappa shape index (κ3) is 4.27. The third-order valence-electron chi connectivity index (χ3n) is 3.44. The summed E-state index contributed by atoms with van der Waals surface area (Å²) in [5.41, 5.74) is -0.727. The summed E-state index contributed by atoms with van der Waals surface area (Å²) in [5.74, 6) is -3.29. The first kappa shape index (κ1) is 18.7. The smallest absolute Gasteiger partial charge is 0.416 e. The largest absolute Gasteiger partial charge is 0.478 e. The summed E-state index contributed by atoms with van der Waals surface area (Å²) >= 11 is 0. The molecule has 10 heteroatoms. The summed E-state index contributed by atoms with van der Waals surface area (Å²) < 4.78 is 47.5. The number of carboxylic acids is 1. The molecule has 0 aliphatic carbocycles. The minimum Gasteiger partial charge on any atom is -0.478 e. The number of halogens is 3. The first-order chi connectivity index (χ1) is 11.6. The highest BCUT2D eigenvalue weighted by Crippen LogP contribution is 2.31. The molecule has 1 aromatic carbocycles. The molecule has 0 bridgehead atoms. The molecular formula is C15H14F3NO6. The molecule has 25 heavy (non-hydrogen) atoms. The molecule has 0 unspecified atom stereocenters. The summed E-state index contributed by atoms with van der Waals surface area (Å²) in [5, 5.41) is 9.12. The molecule has 1 amide bonds. The molecule has 0 aromatic heterocycles. The molecule has 2 rings (SSSR count). The number of hydrogen-bond acceptors (Lipinski definition) is 5. The zero-order valence-electron chi connectivity index (χ0n) is 12.9. The first-order valence-corrected chi connectivity index (χ1v) is 7.11. The summed E-state index contributed by atoms with van der Waals surface area (Å²) in [6.45, 7) is 0.937. The average Bonchev–Trinajstić information content (AvgIpc) is 2.52. The minimum atomic E-state index is -4.51. The van der Waals surface area contributed by atoms with Crippen LogP contribution in [-0.2, 0) is 30.0 Å². The van der Waals surface area contributed by atoms with Crippen molar-refractivity contribution in [3.63, 3.8) is 0 Å². The van der Waals surface area contributed by atoms with Gasteiger partial charge in [0.1, 0.15) is 0 Å². The molecule has 0 radical (unpaired) electrons. The zero-order valence-corrected chi connectivity index (χ0v) is 12.9. The van der Waals surface area contributed by atoms with Crippen molar-refractivity contribution < 1.29 is 42.1 Å². The maximum Gasteiger partial charge on any atom is 0.416 e. The Morgan fingerprint density at radius 2 is 1.92 bits per heavy atom. The van der Waals surface area contributed by atoms with Crippen LogP contribution in [0.25, 0.3) is 0 Å². The van der Waals surface area contributed by atoms with E-state index in [2.05, 4.69) is 4.74 Å². The summed E-state index contributed by atoms with van der Waals surface area (Å²) in [7, 11) is 0. The monoisotopic (exact) mass is 361 g/mol. The van der Waals surface area contributed by atoms with Gasteiger partial charge in [0.25, 0.3) is 5.91 Å². The van der Waals surface area contributed by atoms with Crippen molar-refractivity contribution >= 4 is 23.5 Å². The Morgan fingerprint density at radius 3 is 2.40 bits per heavy atom. The number of carbonyl (C=O) groups excluding carboxylic acids is 2. The molecular weight excluding hydrogens is 347 g/mol. The summed E-state index contributed by atoms with van der Waals surface area (Å²) in [4.78, 5) is 35.8. The number of amides is 1. The van der Waals surface area contributed by atoms with Gasteiger partial charge in [-0.3, -0.25) is 9.59 Å². The van der Waals surface area contributed by atoms with E-state index in [9.17, 15) is 27.6 Å². The van der Waals surface area contributed by atoms with Crippen LogP contribution < -0.4 is 4.90 Å². The first-order valence-electron chi connectivity index (χ1n) is 7.11. The quantitative estimate of drug-likeness (QED) is 0.816. The van der Waals surface area contributed by atoms with Crippen molar-refractivity contribution in [1.29, 1.82) is 0 Å². The number of nitrogens with zero attached hydrogens (tertiary/aromatic N) is 1. The van der Waals surface area contributed by atoms with E-state index in [0.29, 0.717) is 0 Å². The van der Waals surface area contributed by atoms with Crippen LogP contribution >= 0.6 is 0 Å². The number of rotatable bonds is 4. The van der Waals surface area contributed by atoms with Crippen molar-refractivity contribution in [2.24, 2.45) is 0 Å². The molecule has 0 saturated carbocycles. The molecule has 1 aliphatic rings. The van der Waals surface area contributed by atoms with Crippen LogP contribution in [0.3, 0.4) is 0 Å². The van der Waals surface area contributed by atoms with E-state index in [4.69, 9.17) is 9.84 Å². The lowest BCUT2D eigenvalue weighted by Crippen LogP contribution is -2.55. The number of benzene rings is 1. The third-order valence-corrected chi connectivity index (χ3v) is 3.44. The normalized spacial score (nSPS) is 19.4. The highest BCUT2D eigenvalue weighted by molar-refractivity contribution is 6.00. The van der Waals surface area contributed by atoms with E-state index >= 15 is 0 Å². The summed E-state index contributed by atoms with van der Waals surface area (Å²) in [6, 6.07) is 3.83. The number of esters is 1. The van der Waals surface area contributed by atoms with Gasteiger partial charge in [0.05, 0.1) is 12.2 Å². The average molecular weight is 361 g/mol. The van der Waals surface area contributed by atoms with E-state index < -0.39 is 41.8 Å². The fourth-order valence-corrected chi connectivity index (χ4v) is 2.33. The van der Waals surface area contributed by atoms with Gasteiger partial charge in [-0.15, -0.1) is 0 Å². The highest BCUT2D eigenvalue weighted by atomic mass is 19.4. The molecule has 1 aromatic rings. The maximum atomic E-state index is 12.6. The molecule has 1 aliphatic heterocycles. The van der Waals surface area contributed by atoms with E-state index in [-0.39, 0.29) is 18.8 Å². The molecule has 1 fully saturated rings. The predicted octanol–water partition coefficient (Wildman–Crippen LogP) is 1.45. The van der Waals surface area contributed by atoms with E-state index in [0.717, 1.165) is 36.1 Å². The number of morpholine rings is 1. The van der Waals surface area contributed by atoms with Crippen molar-refractivity contribution in [1.82, 2.24) is 0 Å². The van der Waals surface area contributed by atoms with Gasteiger partial charge in [-0.25, -0.2) is 4.79 Å². The molecule has 0 spiro atoms. The Balaban J connectivity index is 2.24. The fraction of sp³-hybridized carbons (Fsp3) is 0.400. The van der Waals surface area contributed by atoms with Crippen LogP contribution in [0.4, 0.5) is 18.9 Å². The second-order valence-electron chi connectivity index (χ2n) is 5.19. The Kier molecular flexibility index (Phi) is 5.31. The molecule has 1 N–H and O–H groups in total. The zero-order chi connectivity index (χ0) is 18.8. The van der Waals surface area contributed by atoms with Crippen LogP contribution in [0.15, 0.2) is 24.3 Å².